The number of anilines is 2. The summed E-state index contributed by atoms with van der Waals surface area (Å²) < 4.78 is -0.411. The Bertz CT molecular complexity index is 1310. The van der Waals surface area contributed by atoms with Gasteiger partial charge >= 0.3 is 0 Å². The van der Waals surface area contributed by atoms with Crippen molar-refractivity contribution in [3.63, 3.8) is 0 Å². The van der Waals surface area contributed by atoms with E-state index in [1.807, 2.05) is 43.8 Å². The number of fused-ring (bicyclic) bond motifs is 1. The standard InChI is InChI=1S/C25H27N7S2/c1-17(18-5-6-26-24(13-18)31-7-9-32(10-8-31)25(2,33)34)30-23-12-21-11-19(22-15-28-29-16-22)3-4-20(21)14-27-23/h3-6,11-16,33-34H,1,7-10H2,2H3,(H,27,30)(H,28,29). The molecule has 0 aliphatic carbocycles. The SMILES string of the molecule is C=C(Nc1cc2cc(-c3cn[nH]c3)ccc2cn1)c1ccnc(N2CCN(C(C)(S)S)CC2)c1. The third-order valence-corrected chi connectivity index (χ3v) is 6.69. The van der Waals surface area contributed by atoms with E-state index in [0.29, 0.717) is 0 Å². The highest BCUT2D eigenvalue weighted by Crippen LogP contribution is 2.28. The van der Waals surface area contributed by atoms with E-state index in [0.717, 1.165) is 71.0 Å². The molecule has 34 heavy (non-hydrogen) atoms. The molecule has 0 bridgehead atoms. The first kappa shape index (κ1) is 22.8. The van der Waals surface area contributed by atoms with Crippen molar-refractivity contribution in [1.82, 2.24) is 25.1 Å². The van der Waals surface area contributed by atoms with Crippen LogP contribution in [0.3, 0.4) is 0 Å². The summed E-state index contributed by atoms with van der Waals surface area (Å²) in [5, 5.41) is 12.4. The van der Waals surface area contributed by atoms with E-state index in [-0.39, 0.29) is 0 Å². The Morgan fingerprint density at radius 3 is 2.56 bits per heavy atom. The molecule has 1 fully saturated rings. The summed E-state index contributed by atoms with van der Waals surface area (Å²) in [4.78, 5) is 13.7. The number of nitrogens with zero attached hydrogens (tertiary/aromatic N) is 5. The van der Waals surface area contributed by atoms with E-state index >= 15 is 0 Å². The van der Waals surface area contributed by atoms with Gasteiger partial charge in [0, 0.05) is 67.0 Å². The van der Waals surface area contributed by atoms with Gasteiger partial charge in [-0.05, 0) is 42.1 Å². The normalized spacial score (nSPS) is 15.0. The average molecular weight is 490 g/mol. The van der Waals surface area contributed by atoms with Gasteiger partial charge in [-0.15, -0.1) is 25.3 Å². The summed E-state index contributed by atoms with van der Waals surface area (Å²) in [6.45, 7) is 9.77. The Balaban J connectivity index is 1.31. The number of thiol groups is 2. The molecule has 0 radical (unpaired) electrons. The molecule has 0 atom stereocenters. The molecule has 174 valence electrons. The second kappa shape index (κ2) is 9.32. The van der Waals surface area contributed by atoms with Crippen LogP contribution in [0.5, 0.6) is 0 Å². The zero-order valence-electron chi connectivity index (χ0n) is 18.9. The summed E-state index contributed by atoms with van der Waals surface area (Å²) in [5.41, 5.74) is 3.91. The maximum atomic E-state index is 4.59. The van der Waals surface area contributed by atoms with Crippen LogP contribution in [0.2, 0.25) is 0 Å². The minimum Gasteiger partial charge on any atom is -0.354 e. The molecule has 1 aromatic carbocycles. The molecule has 1 aliphatic heterocycles. The summed E-state index contributed by atoms with van der Waals surface area (Å²) in [5.74, 6) is 1.69. The van der Waals surface area contributed by atoms with Crippen LogP contribution in [0.4, 0.5) is 11.6 Å². The molecule has 0 saturated carbocycles. The number of pyridine rings is 2. The third-order valence-electron chi connectivity index (χ3n) is 6.13. The van der Waals surface area contributed by atoms with Crippen molar-refractivity contribution in [3.05, 3.63) is 73.3 Å². The van der Waals surface area contributed by atoms with Gasteiger partial charge in [0.1, 0.15) is 15.8 Å². The van der Waals surface area contributed by atoms with Gasteiger partial charge in [0.2, 0.25) is 0 Å². The lowest BCUT2D eigenvalue weighted by Gasteiger charge is -2.41. The molecule has 1 aliphatic rings. The van der Waals surface area contributed by atoms with E-state index in [2.05, 4.69) is 91.4 Å². The van der Waals surface area contributed by atoms with Crippen LogP contribution >= 0.6 is 25.3 Å². The Hall–Kier alpha value is -3.01. The summed E-state index contributed by atoms with van der Waals surface area (Å²) in [7, 11) is 0. The second-order valence-corrected chi connectivity index (χ2v) is 10.7. The topological polar surface area (TPSA) is 73.0 Å². The number of rotatable bonds is 6. The van der Waals surface area contributed by atoms with Crippen LogP contribution in [-0.2, 0) is 0 Å². The highest BCUT2D eigenvalue weighted by atomic mass is 32.2. The fourth-order valence-electron chi connectivity index (χ4n) is 4.16. The fourth-order valence-corrected chi connectivity index (χ4v) is 4.56. The van der Waals surface area contributed by atoms with Crippen molar-refractivity contribution in [2.45, 2.75) is 11.1 Å². The van der Waals surface area contributed by atoms with Crippen molar-refractivity contribution in [2.75, 3.05) is 36.4 Å². The lowest BCUT2D eigenvalue weighted by Crippen LogP contribution is -2.51. The average Bonchev–Trinajstić information content (AvgIpc) is 3.38. The molecule has 0 unspecified atom stereocenters. The van der Waals surface area contributed by atoms with Gasteiger partial charge in [-0.3, -0.25) is 10.00 Å². The Kier molecular flexibility index (Phi) is 6.24. The monoisotopic (exact) mass is 489 g/mol. The summed E-state index contributed by atoms with van der Waals surface area (Å²) >= 11 is 9.15. The molecule has 9 heteroatoms. The number of H-pyrrole nitrogens is 1. The molecular weight excluding hydrogens is 462 g/mol. The number of nitrogens with one attached hydrogen (secondary N) is 2. The zero-order valence-corrected chi connectivity index (χ0v) is 20.7. The van der Waals surface area contributed by atoms with Crippen LogP contribution in [0.15, 0.2) is 67.8 Å². The number of piperazine rings is 1. The van der Waals surface area contributed by atoms with Crippen molar-refractivity contribution in [2.24, 2.45) is 0 Å². The van der Waals surface area contributed by atoms with Gasteiger partial charge in [0.15, 0.2) is 0 Å². The predicted molar refractivity (Wildman–Crippen MR) is 146 cm³/mol. The summed E-state index contributed by atoms with van der Waals surface area (Å²) in [6.07, 6.45) is 7.41. The minimum atomic E-state index is -0.411. The number of aromatic nitrogens is 4. The first-order valence-corrected chi connectivity index (χ1v) is 12.0. The van der Waals surface area contributed by atoms with Crippen LogP contribution in [0.1, 0.15) is 12.5 Å². The fraction of sp³-hybridized carbons (Fsp3) is 0.240. The van der Waals surface area contributed by atoms with Gasteiger partial charge in [0.25, 0.3) is 0 Å². The molecule has 0 spiro atoms. The van der Waals surface area contributed by atoms with Gasteiger partial charge < -0.3 is 10.2 Å². The zero-order chi connectivity index (χ0) is 23.7. The van der Waals surface area contributed by atoms with E-state index in [9.17, 15) is 0 Å². The number of aromatic amines is 1. The minimum absolute atomic E-state index is 0.411. The van der Waals surface area contributed by atoms with Crippen LogP contribution in [0.25, 0.3) is 27.6 Å². The van der Waals surface area contributed by atoms with Crippen LogP contribution in [0, 0.1) is 0 Å². The highest BCUT2D eigenvalue weighted by Gasteiger charge is 2.28. The lowest BCUT2D eigenvalue weighted by molar-refractivity contribution is 0.234. The Labute approximate surface area is 210 Å². The van der Waals surface area contributed by atoms with Gasteiger partial charge in [-0.25, -0.2) is 9.97 Å². The van der Waals surface area contributed by atoms with E-state index in [1.54, 1.807) is 0 Å². The molecule has 4 heterocycles. The predicted octanol–water partition coefficient (Wildman–Crippen LogP) is 4.76. The molecule has 4 aromatic rings. The van der Waals surface area contributed by atoms with Crippen molar-refractivity contribution in [1.29, 1.82) is 0 Å². The first-order valence-electron chi connectivity index (χ1n) is 11.1. The molecule has 1 saturated heterocycles. The number of hydrogen-bond donors (Lipinski definition) is 4. The Morgan fingerprint density at radius 2 is 1.82 bits per heavy atom. The maximum absolute atomic E-state index is 4.59. The van der Waals surface area contributed by atoms with Gasteiger partial charge in [-0.2, -0.15) is 5.10 Å². The first-order chi connectivity index (χ1) is 16.4. The molecule has 5 rings (SSSR count). The smallest absolute Gasteiger partial charge is 0.130 e. The molecule has 0 amide bonds. The summed E-state index contributed by atoms with van der Waals surface area (Å²) in [6, 6.07) is 12.4. The van der Waals surface area contributed by atoms with E-state index in [1.165, 1.54) is 0 Å². The lowest BCUT2D eigenvalue weighted by atomic mass is 10.1. The van der Waals surface area contributed by atoms with Crippen LogP contribution < -0.4 is 10.2 Å². The highest BCUT2D eigenvalue weighted by molar-refractivity contribution is 8.00. The third kappa shape index (κ3) is 4.91. The largest absolute Gasteiger partial charge is 0.354 e. The molecule has 3 aromatic heterocycles. The van der Waals surface area contributed by atoms with Crippen molar-refractivity contribution < 1.29 is 0 Å². The maximum Gasteiger partial charge on any atom is 0.130 e. The van der Waals surface area contributed by atoms with Crippen molar-refractivity contribution >= 4 is 53.4 Å². The van der Waals surface area contributed by atoms with Crippen LogP contribution in [-0.4, -0.2) is 55.4 Å². The van der Waals surface area contributed by atoms with Crippen molar-refractivity contribution in [3.8, 4) is 11.1 Å². The number of benzene rings is 1. The quantitative estimate of drug-likeness (QED) is 0.231. The van der Waals surface area contributed by atoms with E-state index < -0.39 is 4.20 Å². The number of hydrogen-bond acceptors (Lipinski definition) is 8. The van der Waals surface area contributed by atoms with Gasteiger partial charge in [-0.1, -0.05) is 18.7 Å². The Morgan fingerprint density at radius 1 is 1.00 bits per heavy atom. The van der Waals surface area contributed by atoms with Gasteiger partial charge in [0.05, 0.1) is 6.20 Å². The molecule has 7 nitrogen and oxygen atoms in total. The molecular formula is C25H27N7S2. The molecule has 2 N–H and O–H groups in total. The second-order valence-electron chi connectivity index (χ2n) is 8.57. The van der Waals surface area contributed by atoms with E-state index in [4.69, 9.17) is 0 Å².